The first-order chi connectivity index (χ1) is 7.98. The van der Waals surface area contributed by atoms with Crippen LogP contribution in [-0.2, 0) is 13.5 Å². The lowest BCUT2D eigenvalue weighted by atomic mass is 9.82. The molecule has 0 radical (unpaired) electrons. The molecule has 0 saturated heterocycles. The number of aliphatic hydroxyl groups is 1. The predicted octanol–water partition coefficient (Wildman–Crippen LogP) is 1.54. The summed E-state index contributed by atoms with van der Waals surface area (Å²) in [5, 5.41) is 13.9. The van der Waals surface area contributed by atoms with Crippen molar-refractivity contribution >= 4 is 0 Å². The van der Waals surface area contributed by atoms with E-state index in [1.165, 1.54) is 6.33 Å². The molecule has 17 heavy (non-hydrogen) atoms. The molecule has 1 aromatic rings. The first-order valence-corrected chi connectivity index (χ1v) is 5.87. The average Bonchev–Trinajstić information content (AvgIpc) is 2.63. The van der Waals surface area contributed by atoms with Crippen LogP contribution >= 0.6 is 0 Å². The minimum atomic E-state index is -2.62. The van der Waals surface area contributed by atoms with E-state index in [0.29, 0.717) is 18.7 Å². The Kier molecular flexibility index (Phi) is 3.42. The molecule has 1 aromatic heterocycles. The van der Waals surface area contributed by atoms with Crippen LogP contribution in [0, 0.1) is 5.92 Å². The molecule has 96 valence electrons. The molecule has 2 rings (SSSR count). The van der Waals surface area contributed by atoms with E-state index in [2.05, 4.69) is 10.1 Å². The molecule has 2 atom stereocenters. The highest BCUT2D eigenvalue weighted by molar-refractivity contribution is 4.91. The lowest BCUT2D eigenvalue weighted by Crippen LogP contribution is -2.34. The number of aliphatic hydroxyl groups excluding tert-OH is 1. The zero-order valence-electron chi connectivity index (χ0n) is 9.81. The van der Waals surface area contributed by atoms with Gasteiger partial charge in [-0.3, -0.25) is 4.68 Å². The summed E-state index contributed by atoms with van der Waals surface area (Å²) in [6.45, 7) is 0. The molecule has 0 spiro atoms. The van der Waals surface area contributed by atoms with Gasteiger partial charge < -0.3 is 5.11 Å². The molecular weight excluding hydrogens is 228 g/mol. The molecule has 6 heteroatoms. The van der Waals surface area contributed by atoms with E-state index in [-0.39, 0.29) is 25.2 Å². The summed E-state index contributed by atoms with van der Waals surface area (Å²) in [7, 11) is 1.73. The molecule has 0 aliphatic heterocycles. The fourth-order valence-corrected chi connectivity index (χ4v) is 2.40. The first kappa shape index (κ1) is 12.4. The van der Waals surface area contributed by atoms with Crippen molar-refractivity contribution in [3.63, 3.8) is 0 Å². The number of alkyl halides is 2. The van der Waals surface area contributed by atoms with Crippen LogP contribution in [0.5, 0.6) is 0 Å². The minimum Gasteiger partial charge on any atom is -0.392 e. The van der Waals surface area contributed by atoms with Crippen LogP contribution in [0.15, 0.2) is 6.33 Å². The molecule has 1 saturated carbocycles. The van der Waals surface area contributed by atoms with Gasteiger partial charge in [-0.25, -0.2) is 13.8 Å². The zero-order chi connectivity index (χ0) is 12.5. The lowest BCUT2D eigenvalue weighted by molar-refractivity contribution is -0.0755. The molecular formula is C11H17F2N3O. The van der Waals surface area contributed by atoms with Gasteiger partial charge in [-0.1, -0.05) is 0 Å². The van der Waals surface area contributed by atoms with Gasteiger partial charge in [0.25, 0.3) is 0 Å². The maximum Gasteiger partial charge on any atom is 0.248 e. The van der Waals surface area contributed by atoms with Gasteiger partial charge in [0.05, 0.1) is 6.10 Å². The van der Waals surface area contributed by atoms with Gasteiger partial charge in [0.15, 0.2) is 0 Å². The van der Waals surface area contributed by atoms with Crippen LogP contribution in [0.2, 0.25) is 0 Å². The Morgan fingerprint density at radius 3 is 3.00 bits per heavy atom. The number of halogens is 2. The van der Waals surface area contributed by atoms with Crippen molar-refractivity contribution in [2.24, 2.45) is 13.0 Å². The summed E-state index contributed by atoms with van der Waals surface area (Å²) in [4.78, 5) is 3.99. The van der Waals surface area contributed by atoms with E-state index >= 15 is 0 Å². The highest BCUT2D eigenvalue weighted by Gasteiger charge is 2.39. The van der Waals surface area contributed by atoms with Crippen LogP contribution in [-0.4, -0.2) is 31.9 Å². The number of aromatic nitrogens is 3. The predicted molar refractivity (Wildman–Crippen MR) is 57.6 cm³/mol. The Bertz CT molecular complexity index is 381. The highest BCUT2D eigenvalue weighted by atomic mass is 19.3. The molecule has 1 aliphatic carbocycles. The smallest absolute Gasteiger partial charge is 0.248 e. The number of hydrogen-bond donors (Lipinski definition) is 1. The van der Waals surface area contributed by atoms with Crippen LogP contribution < -0.4 is 0 Å². The maximum absolute atomic E-state index is 13.2. The summed E-state index contributed by atoms with van der Waals surface area (Å²) >= 11 is 0. The first-order valence-electron chi connectivity index (χ1n) is 5.87. The molecule has 1 fully saturated rings. The van der Waals surface area contributed by atoms with Crippen LogP contribution in [0.4, 0.5) is 8.78 Å². The Morgan fingerprint density at radius 2 is 2.41 bits per heavy atom. The summed E-state index contributed by atoms with van der Waals surface area (Å²) < 4.78 is 28.0. The Morgan fingerprint density at radius 1 is 1.65 bits per heavy atom. The van der Waals surface area contributed by atoms with Crippen molar-refractivity contribution < 1.29 is 13.9 Å². The molecule has 1 heterocycles. The van der Waals surface area contributed by atoms with Crippen molar-refractivity contribution in [1.82, 2.24) is 14.8 Å². The Hall–Kier alpha value is -1.04. The van der Waals surface area contributed by atoms with Gasteiger partial charge in [0.1, 0.15) is 12.2 Å². The standard InChI is InChI=1S/C11H17F2N3O/c1-16-10(14-7-15-16)5-9(17)8-3-2-4-11(12,13)6-8/h7-9,17H,2-6H2,1H3. The second-order valence-corrected chi connectivity index (χ2v) is 4.78. The number of hydrogen-bond acceptors (Lipinski definition) is 3. The number of nitrogens with zero attached hydrogens (tertiary/aromatic N) is 3. The Balaban J connectivity index is 1.96. The molecule has 4 nitrogen and oxygen atoms in total. The van der Waals surface area contributed by atoms with Crippen molar-refractivity contribution in [2.45, 2.75) is 44.1 Å². The Labute approximate surface area is 98.7 Å². The van der Waals surface area contributed by atoms with E-state index in [0.717, 1.165) is 0 Å². The van der Waals surface area contributed by atoms with Crippen LogP contribution in [0.25, 0.3) is 0 Å². The fourth-order valence-electron chi connectivity index (χ4n) is 2.40. The van der Waals surface area contributed by atoms with Gasteiger partial charge in [0, 0.05) is 26.3 Å². The monoisotopic (exact) mass is 245 g/mol. The number of rotatable bonds is 3. The largest absolute Gasteiger partial charge is 0.392 e. The summed E-state index contributed by atoms with van der Waals surface area (Å²) in [5.41, 5.74) is 0. The molecule has 0 bridgehead atoms. The zero-order valence-corrected chi connectivity index (χ0v) is 9.81. The van der Waals surface area contributed by atoms with Crippen molar-refractivity contribution in [2.75, 3.05) is 0 Å². The van der Waals surface area contributed by atoms with Crippen LogP contribution in [0.1, 0.15) is 31.5 Å². The van der Waals surface area contributed by atoms with Gasteiger partial charge in [-0.15, -0.1) is 0 Å². The van der Waals surface area contributed by atoms with Gasteiger partial charge >= 0.3 is 0 Å². The third-order valence-corrected chi connectivity index (χ3v) is 3.42. The van der Waals surface area contributed by atoms with Gasteiger partial charge in [0.2, 0.25) is 5.92 Å². The van der Waals surface area contributed by atoms with E-state index < -0.39 is 12.0 Å². The fraction of sp³-hybridized carbons (Fsp3) is 0.818. The van der Waals surface area contributed by atoms with Crippen molar-refractivity contribution in [3.05, 3.63) is 12.2 Å². The molecule has 1 aliphatic rings. The quantitative estimate of drug-likeness (QED) is 0.879. The molecule has 2 unspecified atom stereocenters. The maximum atomic E-state index is 13.2. The molecule has 1 N–H and O–H groups in total. The topological polar surface area (TPSA) is 50.9 Å². The SMILES string of the molecule is Cn1ncnc1CC(O)C1CCCC(F)(F)C1. The second-order valence-electron chi connectivity index (χ2n) is 4.78. The summed E-state index contributed by atoms with van der Waals surface area (Å²) in [6.07, 6.45) is 1.80. The lowest BCUT2D eigenvalue weighted by Gasteiger charge is -2.31. The number of aryl methyl sites for hydroxylation is 1. The molecule has 0 aromatic carbocycles. The summed E-state index contributed by atoms with van der Waals surface area (Å²) in [5.74, 6) is -2.33. The summed E-state index contributed by atoms with van der Waals surface area (Å²) in [6, 6.07) is 0. The van der Waals surface area contributed by atoms with Crippen molar-refractivity contribution in [1.29, 1.82) is 0 Å². The van der Waals surface area contributed by atoms with E-state index in [9.17, 15) is 13.9 Å². The van der Waals surface area contributed by atoms with E-state index in [1.807, 2.05) is 0 Å². The van der Waals surface area contributed by atoms with Crippen LogP contribution in [0.3, 0.4) is 0 Å². The van der Waals surface area contributed by atoms with E-state index in [4.69, 9.17) is 0 Å². The van der Waals surface area contributed by atoms with Gasteiger partial charge in [-0.2, -0.15) is 5.10 Å². The third kappa shape index (κ3) is 3.00. The normalized spacial score (nSPS) is 25.8. The average molecular weight is 245 g/mol. The van der Waals surface area contributed by atoms with Gasteiger partial charge in [-0.05, 0) is 18.8 Å². The third-order valence-electron chi connectivity index (χ3n) is 3.42. The molecule has 0 amide bonds. The van der Waals surface area contributed by atoms with Crippen molar-refractivity contribution in [3.8, 4) is 0 Å². The highest BCUT2D eigenvalue weighted by Crippen LogP contribution is 2.38. The second kappa shape index (κ2) is 4.68. The van der Waals surface area contributed by atoms with E-state index in [1.54, 1.807) is 11.7 Å². The minimum absolute atomic E-state index is 0.0554.